The van der Waals surface area contributed by atoms with Crippen LogP contribution in [0.5, 0.6) is 5.75 Å². The maximum Gasteiger partial charge on any atom is 0.141 e. The quantitative estimate of drug-likeness (QED) is 0.636. The van der Waals surface area contributed by atoms with Gasteiger partial charge >= 0.3 is 0 Å². The number of carbonyl (C=O) groups excluding carboxylic acids is 1. The molecule has 2 heteroatoms. The van der Waals surface area contributed by atoms with Gasteiger partial charge in [0.05, 0.1) is 0 Å². The van der Waals surface area contributed by atoms with Crippen molar-refractivity contribution in [2.45, 2.75) is 19.4 Å². The van der Waals surface area contributed by atoms with Gasteiger partial charge in [0.25, 0.3) is 0 Å². The summed E-state index contributed by atoms with van der Waals surface area (Å²) in [6.45, 7) is 0.549. The minimum Gasteiger partial charge on any atom is -0.489 e. The van der Waals surface area contributed by atoms with Gasteiger partial charge in [0.15, 0.2) is 0 Å². The monoisotopic (exact) mass is 316 g/mol. The molecular formula is C22H20O2. The zero-order valence-electron chi connectivity index (χ0n) is 13.5. The SMILES string of the molecule is O=C(Cc1ccccc1)Cc1ccc(OCc2ccccc2)cc1. The summed E-state index contributed by atoms with van der Waals surface area (Å²) in [6, 6.07) is 27.7. The number of Topliss-reactive ketones (excluding diaryl/α,β-unsaturated/α-hetero) is 1. The molecule has 24 heavy (non-hydrogen) atoms. The van der Waals surface area contributed by atoms with Crippen LogP contribution in [0.2, 0.25) is 0 Å². The second kappa shape index (κ2) is 8.11. The van der Waals surface area contributed by atoms with Gasteiger partial charge in [0, 0.05) is 12.8 Å². The van der Waals surface area contributed by atoms with E-state index in [2.05, 4.69) is 0 Å². The van der Waals surface area contributed by atoms with Crippen LogP contribution in [0.25, 0.3) is 0 Å². The Morgan fingerprint density at radius 2 is 1.12 bits per heavy atom. The average Bonchev–Trinajstić information content (AvgIpc) is 2.63. The van der Waals surface area contributed by atoms with Crippen molar-refractivity contribution in [1.29, 1.82) is 0 Å². The Hall–Kier alpha value is -2.87. The zero-order valence-corrected chi connectivity index (χ0v) is 13.5. The van der Waals surface area contributed by atoms with Gasteiger partial charge in [-0.2, -0.15) is 0 Å². The van der Waals surface area contributed by atoms with E-state index in [1.54, 1.807) is 0 Å². The molecule has 0 spiro atoms. The van der Waals surface area contributed by atoms with Gasteiger partial charge in [-0.25, -0.2) is 0 Å². The van der Waals surface area contributed by atoms with E-state index < -0.39 is 0 Å². The first-order chi connectivity index (χ1) is 11.8. The molecule has 0 heterocycles. The fourth-order valence-electron chi connectivity index (χ4n) is 2.56. The van der Waals surface area contributed by atoms with E-state index in [0.717, 1.165) is 22.4 Å². The van der Waals surface area contributed by atoms with Crippen LogP contribution in [-0.4, -0.2) is 5.78 Å². The minimum absolute atomic E-state index is 0.221. The third-order valence-corrected chi connectivity index (χ3v) is 3.82. The highest BCUT2D eigenvalue weighted by Gasteiger charge is 2.05. The molecule has 3 aromatic carbocycles. The maximum atomic E-state index is 12.1. The molecule has 3 rings (SSSR count). The fraction of sp³-hybridized carbons (Fsp3) is 0.136. The number of ketones is 1. The third-order valence-electron chi connectivity index (χ3n) is 3.82. The van der Waals surface area contributed by atoms with Gasteiger partial charge < -0.3 is 4.74 Å². The molecule has 120 valence electrons. The standard InChI is InChI=1S/C22H20O2/c23-21(15-18-7-3-1-4-8-18)16-19-11-13-22(14-12-19)24-17-20-9-5-2-6-10-20/h1-14H,15-17H2. The van der Waals surface area contributed by atoms with Crippen molar-refractivity contribution < 1.29 is 9.53 Å². The number of hydrogen-bond donors (Lipinski definition) is 0. The van der Waals surface area contributed by atoms with Gasteiger partial charge in [-0.3, -0.25) is 4.79 Å². The summed E-state index contributed by atoms with van der Waals surface area (Å²) in [5, 5.41) is 0. The lowest BCUT2D eigenvalue weighted by Gasteiger charge is -2.07. The van der Waals surface area contributed by atoms with Crippen LogP contribution in [0, 0.1) is 0 Å². The van der Waals surface area contributed by atoms with Gasteiger partial charge in [-0.15, -0.1) is 0 Å². The smallest absolute Gasteiger partial charge is 0.141 e. The van der Waals surface area contributed by atoms with E-state index in [-0.39, 0.29) is 5.78 Å². The van der Waals surface area contributed by atoms with Crippen LogP contribution in [0.1, 0.15) is 16.7 Å². The van der Waals surface area contributed by atoms with Crippen LogP contribution < -0.4 is 4.74 Å². The van der Waals surface area contributed by atoms with Crippen molar-refractivity contribution in [3.63, 3.8) is 0 Å². The lowest BCUT2D eigenvalue weighted by Crippen LogP contribution is -2.06. The fourth-order valence-corrected chi connectivity index (χ4v) is 2.56. The topological polar surface area (TPSA) is 26.3 Å². The van der Waals surface area contributed by atoms with Crippen molar-refractivity contribution in [3.8, 4) is 5.75 Å². The minimum atomic E-state index is 0.221. The second-order valence-corrected chi connectivity index (χ2v) is 5.80. The number of hydrogen-bond acceptors (Lipinski definition) is 2. The first-order valence-electron chi connectivity index (χ1n) is 8.11. The molecule has 0 aliphatic carbocycles. The normalized spacial score (nSPS) is 10.3. The largest absolute Gasteiger partial charge is 0.489 e. The molecule has 0 aromatic heterocycles. The molecule has 0 radical (unpaired) electrons. The van der Waals surface area contributed by atoms with E-state index in [1.807, 2.05) is 84.9 Å². The molecule has 0 unspecified atom stereocenters. The molecule has 0 amide bonds. The summed E-state index contributed by atoms with van der Waals surface area (Å²) in [5.41, 5.74) is 3.22. The molecule has 0 aliphatic heterocycles. The van der Waals surface area contributed by atoms with Crippen molar-refractivity contribution in [1.82, 2.24) is 0 Å². The van der Waals surface area contributed by atoms with Crippen LogP contribution in [0.3, 0.4) is 0 Å². The van der Waals surface area contributed by atoms with E-state index in [4.69, 9.17) is 4.74 Å². The van der Waals surface area contributed by atoms with Crippen LogP contribution in [0.15, 0.2) is 84.9 Å². The molecule has 0 aliphatic rings. The summed E-state index contributed by atoms with van der Waals surface area (Å²) in [7, 11) is 0. The van der Waals surface area contributed by atoms with Crippen LogP contribution in [-0.2, 0) is 24.2 Å². The van der Waals surface area contributed by atoms with E-state index in [1.165, 1.54) is 0 Å². The molecule has 0 fully saturated rings. The summed E-state index contributed by atoms with van der Waals surface area (Å²) >= 11 is 0. The predicted molar refractivity (Wildman–Crippen MR) is 96.1 cm³/mol. The molecule has 2 nitrogen and oxygen atoms in total. The molecule has 0 bridgehead atoms. The Bertz CT molecular complexity index is 762. The zero-order chi connectivity index (χ0) is 16.6. The molecule has 0 saturated carbocycles. The van der Waals surface area contributed by atoms with Crippen molar-refractivity contribution in [3.05, 3.63) is 102 Å². The Labute approximate surface area is 142 Å². The molecule has 0 saturated heterocycles. The molecular weight excluding hydrogens is 296 g/mol. The second-order valence-electron chi connectivity index (χ2n) is 5.80. The van der Waals surface area contributed by atoms with Gasteiger partial charge in [-0.1, -0.05) is 72.8 Å². The van der Waals surface area contributed by atoms with Crippen LogP contribution >= 0.6 is 0 Å². The van der Waals surface area contributed by atoms with E-state index >= 15 is 0 Å². The average molecular weight is 316 g/mol. The number of ether oxygens (including phenoxy) is 1. The highest BCUT2D eigenvalue weighted by Crippen LogP contribution is 2.15. The van der Waals surface area contributed by atoms with Crippen LogP contribution in [0.4, 0.5) is 0 Å². The Balaban J connectivity index is 1.51. The first-order valence-corrected chi connectivity index (χ1v) is 8.11. The number of rotatable bonds is 7. The summed E-state index contributed by atoms with van der Waals surface area (Å²) in [4.78, 5) is 12.1. The summed E-state index contributed by atoms with van der Waals surface area (Å²) < 4.78 is 5.76. The highest BCUT2D eigenvalue weighted by molar-refractivity contribution is 5.83. The molecule has 3 aromatic rings. The van der Waals surface area contributed by atoms with Gasteiger partial charge in [-0.05, 0) is 28.8 Å². The Morgan fingerprint density at radius 3 is 1.71 bits per heavy atom. The Morgan fingerprint density at radius 1 is 0.625 bits per heavy atom. The van der Waals surface area contributed by atoms with Gasteiger partial charge in [0.2, 0.25) is 0 Å². The Kier molecular flexibility index (Phi) is 5.41. The van der Waals surface area contributed by atoms with Gasteiger partial charge in [0.1, 0.15) is 18.1 Å². The predicted octanol–water partition coefficient (Wildman–Crippen LogP) is 4.62. The summed E-state index contributed by atoms with van der Waals surface area (Å²) in [5.74, 6) is 1.04. The number of carbonyl (C=O) groups is 1. The third kappa shape index (κ3) is 4.82. The van der Waals surface area contributed by atoms with E-state index in [0.29, 0.717) is 19.4 Å². The molecule has 0 N–H and O–H groups in total. The highest BCUT2D eigenvalue weighted by atomic mass is 16.5. The lowest BCUT2D eigenvalue weighted by molar-refractivity contribution is -0.117. The van der Waals surface area contributed by atoms with Crippen molar-refractivity contribution in [2.75, 3.05) is 0 Å². The van der Waals surface area contributed by atoms with Crippen molar-refractivity contribution >= 4 is 5.78 Å². The molecule has 0 atom stereocenters. The van der Waals surface area contributed by atoms with E-state index in [9.17, 15) is 4.79 Å². The van der Waals surface area contributed by atoms with Crippen molar-refractivity contribution in [2.24, 2.45) is 0 Å². The first kappa shape index (κ1) is 16.0. The number of benzene rings is 3. The lowest BCUT2D eigenvalue weighted by atomic mass is 10.0. The maximum absolute atomic E-state index is 12.1. The summed E-state index contributed by atoms with van der Waals surface area (Å²) in [6.07, 6.45) is 0.932.